The van der Waals surface area contributed by atoms with Gasteiger partial charge in [-0.25, -0.2) is 9.97 Å². The van der Waals surface area contributed by atoms with Crippen LogP contribution in [-0.4, -0.2) is 22.1 Å². The number of hydrogen-bond donors (Lipinski definition) is 0. The lowest BCUT2D eigenvalue weighted by Gasteiger charge is -2.30. The number of hydrogen-bond acceptors (Lipinski definition) is 3. The molecular formula is C10H17N3. The summed E-state index contributed by atoms with van der Waals surface area (Å²) in [4.78, 5) is 10.7. The molecule has 0 fully saturated rings. The van der Waals surface area contributed by atoms with Crippen LogP contribution in [0.2, 0.25) is 0 Å². The largest absolute Gasteiger partial charge is 0.336 e. The molecule has 0 bridgehead atoms. The predicted octanol–water partition coefficient (Wildman–Crippen LogP) is 2.10. The van der Waals surface area contributed by atoms with E-state index in [4.69, 9.17) is 0 Å². The first-order valence-corrected chi connectivity index (χ1v) is 4.68. The molecule has 0 aliphatic heterocycles. The molecule has 1 heterocycles. The van der Waals surface area contributed by atoms with Crippen LogP contribution in [0.3, 0.4) is 0 Å². The fourth-order valence-electron chi connectivity index (χ4n) is 1.48. The second kappa shape index (κ2) is 4.21. The second-order valence-electron chi connectivity index (χ2n) is 3.64. The van der Waals surface area contributed by atoms with Crippen molar-refractivity contribution in [3.8, 4) is 0 Å². The average Bonchev–Trinajstić information content (AvgIpc) is 2.04. The Morgan fingerprint density at radius 1 is 1.00 bits per heavy atom. The quantitative estimate of drug-likeness (QED) is 0.711. The zero-order valence-electron chi connectivity index (χ0n) is 8.73. The van der Waals surface area contributed by atoms with Crippen LogP contribution in [0.1, 0.15) is 27.7 Å². The van der Waals surface area contributed by atoms with Gasteiger partial charge in [-0.1, -0.05) is 0 Å². The Kier molecular flexibility index (Phi) is 3.23. The van der Waals surface area contributed by atoms with Crippen molar-refractivity contribution in [1.29, 1.82) is 0 Å². The van der Waals surface area contributed by atoms with Crippen molar-refractivity contribution < 1.29 is 0 Å². The molecule has 0 aromatic carbocycles. The summed E-state index contributed by atoms with van der Waals surface area (Å²) < 4.78 is 0. The zero-order valence-corrected chi connectivity index (χ0v) is 8.73. The van der Waals surface area contributed by atoms with Crippen LogP contribution in [0.15, 0.2) is 18.5 Å². The van der Waals surface area contributed by atoms with E-state index in [0.29, 0.717) is 12.1 Å². The van der Waals surface area contributed by atoms with E-state index in [0.717, 1.165) is 5.95 Å². The van der Waals surface area contributed by atoms with Crippen molar-refractivity contribution in [2.45, 2.75) is 39.8 Å². The fraction of sp³-hybridized carbons (Fsp3) is 0.600. The first kappa shape index (κ1) is 9.96. The molecule has 0 atom stereocenters. The van der Waals surface area contributed by atoms with Crippen LogP contribution in [-0.2, 0) is 0 Å². The van der Waals surface area contributed by atoms with Crippen LogP contribution in [0.5, 0.6) is 0 Å². The van der Waals surface area contributed by atoms with Crippen molar-refractivity contribution in [1.82, 2.24) is 9.97 Å². The van der Waals surface area contributed by atoms with E-state index >= 15 is 0 Å². The average molecular weight is 179 g/mol. The second-order valence-corrected chi connectivity index (χ2v) is 3.64. The van der Waals surface area contributed by atoms with E-state index in [1.807, 2.05) is 6.07 Å². The maximum atomic E-state index is 4.24. The van der Waals surface area contributed by atoms with Gasteiger partial charge in [-0.15, -0.1) is 0 Å². The van der Waals surface area contributed by atoms with Crippen molar-refractivity contribution in [3.05, 3.63) is 18.5 Å². The van der Waals surface area contributed by atoms with Crippen LogP contribution >= 0.6 is 0 Å². The van der Waals surface area contributed by atoms with Gasteiger partial charge in [-0.05, 0) is 33.8 Å². The minimum atomic E-state index is 0.433. The van der Waals surface area contributed by atoms with Gasteiger partial charge in [-0.2, -0.15) is 0 Å². The molecule has 1 aromatic rings. The smallest absolute Gasteiger partial charge is 0.225 e. The van der Waals surface area contributed by atoms with Crippen LogP contribution in [0.4, 0.5) is 5.95 Å². The summed E-state index contributed by atoms with van der Waals surface area (Å²) in [6, 6.07) is 2.70. The summed E-state index contributed by atoms with van der Waals surface area (Å²) in [5.41, 5.74) is 0. The maximum absolute atomic E-state index is 4.24. The van der Waals surface area contributed by atoms with Crippen molar-refractivity contribution >= 4 is 5.95 Å². The summed E-state index contributed by atoms with van der Waals surface area (Å²) in [7, 11) is 0. The molecule has 0 aliphatic rings. The van der Waals surface area contributed by atoms with Gasteiger partial charge < -0.3 is 4.90 Å². The highest BCUT2D eigenvalue weighted by Crippen LogP contribution is 2.13. The monoisotopic (exact) mass is 179 g/mol. The van der Waals surface area contributed by atoms with E-state index in [1.165, 1.54) is 0 Å². The van der Waals surface area contributed by atoms with Gasteiger partial charge in [0, 0.05) is 24.5 Å². The van der Waals surface area contributed by atoms with Gasteiger partial charge >= 0.3 is 0 Å². The molecule has 13 heavy (non-hydrogen) atoms. The summed E-state index contributed by atoms with van der Waals surface area (Å²) in [5.74, 6) is 0.813. The Labute approximate surface area is 79.8 Å². The molecule has 72 valence electrons. The summed E-state index contributed by atoms with van der Waals surface area (Å²) in [6.45, 7) is 8.60. The maximum Gasteiger partial charge on any atom is 0.225 e. The van der Waals surface area contributed by atoms with Crippen LogP contribution in [0.25, 0.3) is 0 Å². The van der Waals surface area contributed by atoms with Gasteiger partial charge in [0.2, 0.25) is 5.95 Å². The van der Waals surface area contributed by atoms with Crippen molar-refractivity contribution in [3.63, 3.8) is 0 Å². The van der Waals surface area contributed by atoms with E-state index in [1.54, 1.807) is 12.4 Å². The molecule has 3 nitrogen and oxygen atoms in total. The minimum Gasteiger partial charge on any atom is -0.336 e. The first-order chi connectivity index (χ1) is 6.13. The predicted molar refractivity (Wildman–Crippen MR) is 54.8 cm³/mol. The lowest BCUT2D eigenvalue weighted by atomic mass is 10.2. The normalized spacial score (nSPS) is 10.9. The van der Waals surface area contributed by atoms with Gasteiger partial charge in [0.15, 0.2) is 0 Å². The zero-order chi connectivity index (χ0) is 9.84. The number of aromatic nitrogens is 2. The molecule has 0 amide bonds. The van der Waals surface area contributed by atoms with Crippen molar-refractivity contribution in [2.24, 2.45) is 0 Å². The third-order valence-electron chi connectivity index (χ3n) is 1.90. The first-order valence-electron chi connectivity index (χ1n) is 4.68. The fourth-order valence-corrected chi connectivity index (χ4v) is 1.48. The van der Waals surface area contributed by atoms with E-state index < -0.39 is 0 Å². The van der Waals surface area contributed by atoms with E-state index in [2.05, 4.69) is 42.6 Å². The topological polar surface area (TPSA) is 29.0 Å². The van der Waals surface area contributed by atoms with Crippen LogP contribution in [0, 0.1) is 0 Å². The highest BCUT2D eigenvalue weighted by molar-refractivity contribution is 5.30. The van der Waals surface area contributed by atoms with Crippen LogP contribution < -0.4 is 4.90 Å². The highest BCUT2D eigenvalue weighted by Gasteiger charge is 2.15. The molecule has 0 radical (unpaired) electrons. The Morgan fingerprint density at radius 3 is 1.85 bits per heavy atom. The Hall–Kier alpha value is -1.12. The van der Waals surface area contributed by atoms with Gasteiger partial charge in [-0.3, -0.25) is 0 Å². The molecule has 1 aromatic heterocycles. The highest BCUT2D eigenvalue weighted by atomic mass is 15.3. The Balaban J connectivity index is 2.89. The third kappa shape index (κ3) is 2.41. The number of rotatable bonds is 3. The standard InChI is InChI=1S/C10H17N3/c1-8(2)13(9(3)4)10-11-6-5-7-12-10/h5-9H,1-4H3. The molecule has 0 saturated heterocycles. The minimum absolute atomic E-state index is 0.433. The molecule has 3 heteroatoms. The molecular weight excluding hydrogens is 162 g/mol. The van der Waals surface area contributed by atoms with E-state index in [-0.39, 0.29) is 0 Å². The molecule has 0 spiro atoms. The molecule has 0 N–H and O–H groups in total. The SMILES string of the molecule is CC(C)N(c1ncccn1)C(C)C. The summed E-state index contributed by atoms with van der Waals surface area (Å²) in [6.07, 6.45) is 3.56. The van der Waals surface area contributed by atoms with E-state index in [9.17, 15) is 0 Å². The molecule has 0 unspecified atom stereocenters. The lowest BCUT2D eigenvalue weighted by molar-refractivity contribution is 0.591. The van der Waals surface area contributed by atoms with Gasteiger partial charge in [0.1, 0.15) is 0 Å². The molecule has 0 aliphatic carbocycles. The summed E-state index contributed by atoms with van der Waals surface area (Å²) >= 11 is 0. The summed E-state index contributed by atoms with van der Waals surface area (Å²) in [5, 5.41) is 0. The van der Waals surface area contributed by atoms with Gasteiger partial charge in [0.05, 0.1) is 0 Å². The van der Waals surface area contributed by atoms with Gasteiger partial charge in [0.25, 0.3) is 0 Å². The molecule has 1 rings (SSSR count). The lowest BCUT2D eigenvalue weighted by Crippen LogP contribution is -2.38. The number of anilines is 1. The molecule has 0 saturated carbocycles. The third-order valence-corrected chi connectivity index (χ3v) is 1.90. The Morgan fingerprint density at radius 2 is 1.46 bits per heavy atom. The Bertz CT molecular complexity index is 236. The number of nitrogens with zero attached hydrogens (tertiary/aromatic N) is 3. The van der Waals surface area contributed by atoms with Crippen molar-refractivity contribution in [2.75, 3.05) is 4.90 Å².